The number of rotatable bonds is 11. The van der Waals surface area contributed by atoms with Crippen molar-refractivity contribution in [3.63, 3.8) is 0 Å². The van der Waals surface area contributed by atoms with Gasteiger partial charge in [0.15, 0.2) is 0 Å². The highest BCUT2D eigenvalue weighted by Gasteiger charge is 2.59. The standard InChI is InChI=1S/C34H59NO3/c1-23(2)10-8-11-25(5)29-14-15-30-28-13-12-26-22-27(38-32(36)35-20-9-21-37-24(3)4)16-18-33(26,6)31(28)17-19-34(29,30)7/h12,23-25,27-31H,8-11,13-22H2,1-7H3,(H,35,36)/t25?,27-,28-,29?,30-,31-,33-,34+/m0/s1. The summed E-state index contributed by atoms with van der Waals surface area (Å²) in [5, 5.41) is 2.93. The van der Waals surface area contributed by atoms with Gasteiger partial charge in [0.2, 0.25) is 0 Å². The molecule has 0 spiro atoms. The molecule has 4 aliphatic carbocycles. The number of nitrogens with one attached hydrogen (secondary N) is 1. The Morgan fingerprint density at radius 2 is 1.79 bits per heavy atom. The van der Waals surface area contributed by atoms with Gasteiger partial charge in [0, 0.05) is 19.6 Å². The fraction of sp³-hybridized carbons (Fsp3) is 0.912. The third-order valence-electron chi connectivity index (χ3n) is 11.6. The van der Waals surface area contributed by atoms with Gasteiger partial charge in [-0.1, -0.05) is 65.5 Å². The first-order chi connectivity index (χ1) is 18.0. The summed E-state index contributed by atoms with van der Waals surface area (Å²) in [7, 11) is 0. The quantitative estimate of drug-likeness (QED) is 0.215. The Balaban J connectivity index is 1.32. The maximum atomic E-state index is 12.4. The van der Waals surface area contributed by atoms with E-state index >= 15 is 0 Å². The van der Waals surface area contributed by atoms with Gasteiger partial charge < -0.3 is 14.8 Å². The predicted molar refractivity (Wildman–Crippen MR) is 157 cm³/mol. The minimum Gasteiger partial charge on any atom is -0.446 e. The molecule has 4 rings (SSSR count). The molecule has 1 amide bonds. The molecule has 0 aromatic rings. The molecule has 0 radical (unpaired) electrons. The van der Waals surface area contributed by atoms with Crippen molar-refractivity contribution in [2.75, 3.05) is 13.2 Å². The Morgan fingerprint density at radius 1 is 1.00 bits per heavy atom. The van der Waals surface area contributed by atoms with Crippen LogP contribution in [0.25, 0.3) is 0 Å². The van der Waals surface area contributed by atoms with E-state index in [4.69, 9.17) is 9.47 Å². The van der Waals surface area contributed by atoms with E-state index in [0.29, 0.717) is 24.0 Å². The van der Waals surface area contributed by atoms with Crippen molar-refractivity contribution in [2.24, 2.45) is 46.3 Å². The number of carbonyl (C=O) groups is 1. The van der Waals surface area contributed by atoms with Gasteiger partial charge in [0.1, 0.15) is 6.10 Å². The summed E-state index contributed by atoms with van der Waals surface area (Å²) in [5.74, 6) is 5.17. The van der Waals surface area contributed by atoms with Crippen molar-refractivity contribution in [3.05, 3.63) is 11.6 Å². The van der Waals surface area contributed by atoms with Crippen molar-refractivity contribution in [1.29, 1.82) is 0 Å². The van der Waals surface area contributed by atoms with Gasteiger partial charge in [-0.25, -0.2) is 4.79 Å². The monoisotopic (exact) mass is 529 g/mol. The summed E-state index contributed by atoms with van der Waals surface area (Å²) in [6, 6.07) is 0. The van der Waals surface area contributed by atoms with E-state index in [0.717, 1.165) is 54.8 Å². The van der Waals surface area contributed by atoms with Crippen LogP contribution in [0.5, 0.6) is 0 Å². The molecule has 38 heavy (non-hydrogen) atoms. The molecule has 4 aliphatic rings. The number of carbonyl (C=O) groups excluding carboxylic acids is 1. The number of fused-ring (bicyclic) bond motifs is 5. The number of allylic oxidation sites excluding steroid dienone is 1. The fourth-order valence-electron chi connectivity index (χ4n) is 9.53. The van der Waals surface area contributed by atoms with Gasteiger partial charge in [-0.05, 0) is 112 Å². The van der Waals surface area contributed by atoms with Crippen LogP contribution in [0.2, 0.25) is 0 Å². The normalized spacial score (nSPS) is 37.3. The SMILES string of the molecule is CC(C)CCCC(C)C1CC[C@H]2[C@@H]3CC=C4C[C@@H](OC(=O)NCCCOC(C)C)CC[C@]4(C)[C@H]3CC[C@]12C. The molecule has 0 aliphatic heterocycles. The van der Waals surface area contributed by atoms with Crippen LogP contribution in [0.15, 0.2) is 11.6 Å². The zero-order valence-corrected chi connectivity index (χ0v) is 25.8. The minimum absolute atomic E-state index is 0.0224. The first-order valence-corrected chi connectivity index (χ1v) is 16.3. The number of ether oxygens (including phenoxy) is 2. The third-order valence-corrected chi connectivity index (χ3v) is 11.6. The van der Waals surface area contributed by atoms with Gasteiger partial charge in [0.25, 0.3) is 0 Å². The van der Waals surface area contributed by atoms with Crippen molar-refractivity contribution in [1.82, 2.24) is 5.32 Å². The molecule has 3 saturated carbocycles. The van der Waals surface area contributed by atoms with E-state index in [1.807, 2.05) is 13.8 Å². The molecule has 4 heteroatoms. The highest BCUT2D eigenvalue weighted by molar-refractivity contribution is 5.67. The highest BCUT2D eigenvalue weighted by Crippen LogP contribution is 2.67. The van der Waals surface area contributed by atoms with E-state index in [1.54, 1.807) is 5.57 Å². The second-order valence-corrected chi connectivity index (χ2v) is 14.8. The zero-order valence-electron chi connectivity index (χ0n) is 25.8. The smallest absolute Gasteiger partial charge is 0.407 e. The first kappa shape index (κ1) is 29.9. The Hall–Kier alpha value is -1.03. The molecule has 4 nitrogen and oxygen atoms in total. The summed E-state index contributed by atoms with van der Waals surface area (Å²) >= 11 is 0. The van der Waals surface area contributed by atoms with Gasteiger partial charge in [0.05, 0.1) is 6.10 Å². The average molecular weight is 530 g/mol. The number of amides is 1. The average Bonchev–Trinajstić information content (AvgIpc) is 3.21. The molecular formula is C34H59NO3. The molecule has 0 aromatic carbocycles. The number of hydrogen-bond acceptors (Lipinski definition) is 3. The van der Waals surface area contributed by atoms with Gasteiger partial charge >= 0.3 is 6.09 Å². The van der Waals surface area contributed by atoms with Crippen LogP contribution in [0.3, 0.4) is 0 Å². The zero-order chi connectivity index (χ0) is 27.5. The van der Waals surface area contributed by atoms with Gasteiger partial charge in [-0.2, -0.15) is 0 Å². The van der Waals surface area contributed by atoms with E-state index in [1.165, 1.54) is 57.8 Å². The largest absolute Gasteiger partial charge is 0.446 e. The van der Waals surface area contributed by atoms with Gasteiger partial charge in [-0.15, -0.1) is 0 Å². The van der Waals surface area contributed by atoms with Crippen LogP contribution in [0, 0.1) is 46.3 Å². The Kier molecular flexibility index (Phi) is 9.97. The Bertz CT molecular complexity index is 821. The minimum atomic E-state index is -0.259. The molecule has 0 heterocycles. The van der Waals surface area contributed by atoms with Crippen molar-refractivity contribution in [3.8, 4) is 0 Å². The van der Waals surface area contributed by atoms with E-state index < -0.39 is 0 Å². The van der Waals surface area contributed by atoms with Gasteiger partial charge in [-0.3, -0.25) is 0 Å². The van der Waals surface area contributed by atoms with Crippen LogP contribution in [-0.2, 0) is 9.47 Å². The third kappa shape index (κ3) is 6.47. The number of alkyl carbamates (subject to hydrolysis) is 1. The summed E-state index contributed by atoms with van der Waals surface area (Å²) in [5.41, 5.74) is 2.43. The maximum Gasteiger partial charge on any atom is 0.407 e. The maximum absolute atomic E-state index is 12.4. The molecule has 2 unspecified atom stereocenters. The number of hydrogen-bond donors (Lipinski definition) is 1. The predicted octanol–water partition coefficient (Wildman–Crippen LogP) is 8.94. The van der Waals surface area contributed by atoms with Crippen molar-refractivity contribution >= 4 is 6.09 Å². The van der Waals surface area contributed by atoms with E-state index in [2.05, 4.69) is 46.0 Å². The lowest BCUT2D eigenvalue weighted by atomic mass is 9.47. The van der Waals surface area contributed by atoms with Crippen molar-refractivity contribution in [2.45, 2.75) is 138 Å². The molecule has 8 atom stereocenters. The molecule has 0 saturated heterocycles. The molecule has 3 fully saturated rings. The topological polar surface area (TPSA) is 47.6 Å². The molecule has 218 valence electrons. The summed E-state index contributed by atoms with van der Waals surface area (Å²) in [6.07, 6.45) is 17.7. The van der Waals surface area contributed by atoms with Crippen LogP contribution in [0.4, 0.5) is 4.79 Å². The second kappa shape index (κ2) is 12.6. The Morgan fingerprint density at radius 3 is 2.53 bits per heavy atom. The van der Waals surface area contributed by atoms with Crippen LogP contribution in [0.1, 0.15) is 126 Å². The molecule has 0 aromatic heterocycles. The summed E-state index contributed by atoms with van der Waals surface area (Å²) in [4.78, 5) is 12.4. The van der Waals surface area contributed by atoms with E-state index in [-0.39, 0.29) is 18.3 Å². The molecule has 1 N–H and O–H groups in total. The lowest BCUT2D eigenvalue weighted by Gasteiger charge is -2.58. The highest BCUT2D eigenvalue weighted by atomic mass is 16.6. The summed E-state index contributed by atoms with van der Waals surface area (Å²) < 4.78 is 11.5. The molecular weight excluding hydrogens is 470 g/mol. The van der Waals surface area contributed by atoms with E-state index in [9.17, 15) is 4.79 Å². The Labute approximate surface area is 234 Å². The van der Waals surface area contributed by atoms with Crippen LogP contribution >= 0.6 is 0 Å². The lowest BCUT2D eigenvalue weighted by Crippen LogP contribution is -2.51. The van der Waals surface area contributed by atoms with Crippen LogP contribution in [-0.4, -0.2) is 31.5 Å². The first-order valence-electron chi connectivity index (χ1n) is 16.3. The van der Waals surface area contributed by atoms with Crippen molar-refractivity contribution < 1.29 is 14.3 Å². The summed E-state index contributed by atoms with van der Waals surface area (Å²) in [6.45, 7) is 17.9. The fourth-order valence-corrected chi connectivity index (χ4v) is 9.53. The lowest BCUT2D eigenvalue weighted by molar-refractivity contribution is -0.0581. The van der Waals surface area contributed by atoms with Crippen LogP contribution < -0.4 is 5.32 Å². The second-order valence-electron chi connectivity index (χ2n) is 14.8. The molecule has 0 bridgehead atoms.